The molecule has 1 aliphatic rings. The highest BCUT2D eigenvalue weighted by Crippen LogP contribution is 2.03. The predicted molar refractivity (Wildman–Crippen MR) is 184 cm³/mol. The molecule has 0 bridgehead atoms. The smallest absolute Gasteiger partial charge is 0.407 e. The van der Waals surface area contributed by atoms with E-state index in [1.54, 1.807) is 0 Å². The van der Waals surface area contributed by atoms with E-state index in [4.69, 9.17) is 18.9 Å². The Morgan fingerprint density at radius 1 is 0.396 bits per heavy atom. The van der Waals surface area contributed by atoms with Crippen molar-refractivity contribution in [3.05, 3.63) is 0 Å². The Kier molecular flexibility index (Phi) is 22.3. The Labute approximate surface area is 287 Å². The van der Waals surface area contributed by atoms with Crippen molar-refractivity contribution in [3.8, 4) is 0 Å². The van der Waals surface area contributed by atoms with E-state index in [2.05, 4.69) is 40.9 Å². The van der Waals surface area contributed by atoms with Crippen molar-refractivity contribution in [1.82, 2.24) is 40.9 Å². The average Bonchev–Trinajstić information content (AvgIpc) is 2.95. The number of hydrogen-bond donors (Lipinski definition) is 4. The first kappa shape index (κ1) is 42.9. The lowest BCUT2D eigenvalue weighted by atomic mass is 10.3. The van der Waals surface area contributed by atoms with Gasteiger partial charge in [0.1, 0.15) is 26.4 Å². The van der Waals surface area contributed by atoms with Crippen molar-refractivity contribution < 1.29 is 38.1 Å². The van der Waals surface area contributed by atoms with Gasteiger partial charge in [0.25, 0.3) is 0 Å². The van der Waals surface area contributed by atoms with Crippen LogP contribution in [0.1, 0.15) is 55.4 Å². The first-order valence-electron chi connectivity index (χ1n) is 17.4. The number of nitrogens with one attached hydrogen (secondary N) is 4. The second-order valence-electron chi connectivity index (χ2n) is 13.1. The zero-order valence-corrected chi connectivity index (χ0v) is 30.7. The van der Waals surface area contributed by atoms with Crippen molar-refractivity contribution in [2.75, 3.05) is 105 Å². The third-order valence-electron chi connectivity index (χ3n) is 7.12. The maximum absolute atomic E-state index is 12.1. The third-order valence-corrected chi connectivity index (χ3v) is 7.12. The monoisotopic (exact) mass is 688 g/mol. The molecule has 16 heteroatoms. The fraction of sp³-hybridized carbons (Fsp3) is 0.875. The molecule has 0 aromatic rings. The van der Waals surface area contributed by atoms with Crippen molar-refractivity contribution in [1.29, 1.82) is 0 Å². The summed E-state index contributed by atoms with van der Waals surface area (Å²) in [4.78, 5) is 57.3. The Morgan fingerprint density at radius 2 is 0.562 bits per heavy atom. The lowest BCUT2D eigenvalue weighted by molar-refractivity contribution is 0.0788. The molecule has 1 aliphatic heterocycles. The molecule has 48 heavy (non-hydrogen) atoms. The summed E-state index contributed by atoms with van der Waals surface area (Å²) in [6, 6.07) is -0.0583. The number of rotatable bonds is 16. The van der Waals surface area contributed by atoms with Crippen LogP contribution in [0.2, 0.25) is 0 Å². The lowest BCUT2D eigenvalue weighted by Gasteiger charge is -2.34. The topological polar surface area (TPSA) is 166 Å². The highest BCUT2D eigenvalue weighted by atomic mass is 16.6. The summed E-state index contributed by atoms with van der Waals surface area (Å²) in [5.41, 5.74) is 0. The maximum atomic E-state index is 12.1. The molecular formula is C32H64N8O8. The van der Waals surface area contributed by atoms with Gasteiger partial charge in [-0.2, -0.15) is 0 Å². The van der Waals surface area contributed by atoms with Gasteiger partial charge in [-0.3, -0.25) is 19.6 Å². The summed E-state index contributed by atoms with van der Waals surface area (Å²) in [7, 11) is 0. The van der Waals surface area contributed by atoms with Gasteiger partial charge in [0.05, 0.1) is 0 Å². The largest absolute Gasteiger partial charge is 0.448 e. The summed E-state index contributed by atoms with van der Waals surface area (Å²) in [5, 5.41) is 11.0. The molecule has 1 fully saturated rings. The van der Waals surface area contributed by atoms with E-state index in [0.29, 0.717) is 78.5 Å². The van der Waals surface area contributed by atoms with E-state index >= 15 is 0 Å². The highest BCUT2D eigenvalue weighted by molar-refractivity contribution is 5.68. The minimum absolute atomic E-state index is 0.0146. The van der Waals surface area contributed by atoms with Gasteiger partial charge in [-0.15, -0.1) is 0 Å². The van der Waals surface area contributed by atoms with Gasteiger partial charge >= 0.3 is 24.4 Å². The number of carbonyl (C=O) groups is 4. The molecule has 280 valence electrons. The Bertz CT molecular complexity index is 765. The second-order valence-corrected chi connectivity index (χ2v) is 13.1. The number of hydrogen-bond acceptors (Lipinski definition) is 12. The molecule has 0 saturated carbocycles. The first-order chi connectivity index (χ1) is 22.7. The van der Waals surface area contributed by atoms with Crippen LogP contribution in [0.4, 0.5) is 19.2 Å². The van der Waals surface area contributed by atoms with Crippen molar-refractivity contribution >= 4 is 24.4 Å². The van der Waals surface area contributed by atoms with E-state index in [9.17, 15) is 19.2 Å². The number of carbonyl (C=O) groups excluding carboxylic acids is 4. The summed E-state index contributed by atoms with van der Waals surface area (Å²) >= 11 is 0. The standard InChI is InChI=1S/C32H64N8O8/c1-25(2)33-29(41)45-21-17-37-9-11-38(18-22-46-30(42)34-26(3)4)13-15-40(20-24-48-32(44)36-28(7)8)16-14-39(12-10-37)19-23-47-31(43)35-27(5)6/h25-28H,9-24H2,1-8H3,(H,33,41)(H,34,42)(H,35,43)(H,36,44). The van der Waals surface area contributed by atoms with Crippen LogP contribution in [0.15, 0.2) is 0 Å². The second kappa shape index (κ2) is 25.0. The Balaban J connectivity index is 2.99. The maximum Gasteiger partial charge on any atom is 0.407 e. The summed E-state index contributed by atoms with van der Waals surface area (Å²) in [5.74, 6) is 0. The van der Waals surface area contributed by atoms with E-state index in [1.165, 1.54) is 0 Å². The molecule has 1 heterocycles. The van der Waals surface area contributed by atoms with Crippen molar-refractivity contribution in [2.24, 2.45) is 0 Å². The lowest BCUT2D eigenvalue weighted by Crippen LogP contribution is -2.48. The van der Waals surface area contributed by atoms with E-state index in [1.807, 2.05) is 55.4 Å². The van der Waals surface area contributed by atoms with Gasteiger partial charge in [-0.25, -0.2) is 19.2 Å². The van der Waals surface area contributed by atoms with E-state index < -0.39 is 24.4 Å². The van der Waals surface area contributed by atoms with Gasteiger partial charge in [0, 0.05) is 103 Å². The molecular weight excluding hydrogens is 624 g/mol. The van der Waals surface area contributed by atoms with Crippen LogP contribution in [0, 0.1) is 0 Å². The molecule has 0 aromatic heterocycles. The molecule has 1 rings (SSSR count). The number of ether oxygens (including phenoxy) is 4. The SMILES string of the molecule is CC(C)NC(=O)OCCN1CCN(CCOC(=O)NC(C)C)CCN(CCOC(=O)NC(C)C)CCN(CCOC(=O)NC(C)C)CC1. The van der Waals surface area contributed by atoms with Gasteiger partial charge < -0.3 is 40.2 Å². The van der Waals surface area contributed by atoms with Gasteiger partial charge in [0.2, 0.25) is 0 Å². The molecule has 0 radical (unpaired) electrons. The minimum Gasteiger partial charge on any atom is -0.448 e. The molecule has 0 aromatic carbocycles. The third kappa shape index (κ3) is 23.3. The quantitative estimate of drug-likeness (QED) is 0.174. The average molecular weight is 689 g/mol. The van der Waals surface area contributed by atoms with Crippen LogP contribution in [0.25, 0.3) is 0 Å². The van der Waals surface area contributed by atoms with Crippen molar-refractivity contribution in [2.45, 2.75) is 79.6 Å². The van der Waals surface area contributed by atoms with E-state index in [-0.39, 0.29) is 50.6 Å². The van der Waals surface area contributed by atoms with Crippen LogP contribution >= 0.6 is 0 Å². The number of nitrogens with zero attached hydrogens (tertiary/aromatic N) is 4. The summed E-state index contributed by atoms with van der Waals surface area (Å²) in [6.45, 7) is 23.8. The van der Waals surface area contributed by atoms with Crippen LogP contribution in [0.3, 0.4) is 0 Å². The summed E-state index contributed by atoms with van der Waals surface area (Å²) < 4.78 is 21.7. The van der Waals surface area contributed by atoms with Crippen LogP contribution in [-0.2, 0) is 18.9 Å². The van der Waals surface area contributed by atoms with Crippen LogP contribution < -0.4 is 21.3 Å². The molecule has 0 atom stereocenters. The number of alkyl carbamates (subject to hydrolysis) is 4. The fourth-order valence-electron chi connectivity index (χ4n) is 4.65. The molecule has 16 nitrogen and oxygen atoms in total. The molecule has 4 N–H and O–H groups in total. The molecule has 4 amide bonds. The van der Waals surface area contributed by atoms with Crippen LogP contribution in [0.5, 0.6) is 0 Å². The van der Waals surface area contributed by atoms with Gasteiger partial charge in [0.15, 0.2) is 0 Å². The molecule has 0 unspecified atom stereocenters. The fourth-order valence-corrected chi connectivity index (χ4v) is 4.65. The molecule has 0 spiro atoms. The minimum atomic E-state index is -0.443. The zero-order valence-electron chi connectivity index (χ0n) is 30.7. The van der Waals surface area contributed by atoms with E-state index in [0.717, 1.165) is 0 Å². The van der Waals surface area contributed by atoms with Gasteiger partial charge in [-0.05, 0) is 55.4 Å². The predicted octanol–water partition coefficient (Wildman–Crippen LogP) is 1.75. The molecule has 1 saturated heterocycles. The Hall–Kier alpha value is -3.08. The summed E-state index contributed by atoms with van der Waals surface area (Å²) in [6.07, 6.45) is -1.77. The van der Waals surface area contributed by atoms with Gasteiger partial charge in [-0.1, -0.05) is 0 Å². The Morgan fingerprint density at radius 3 is 0.708 bits per heavy atom. The van der Waals surface area contributed by atoms with Crippen molar-refractivity contribution in [3.63, 3.8) is 0 Å². The molecule has 0 aliphatic carbocycles. The van der Waals surface area contributed by atoms with Crippen LogP contribution in [-0.4, -0.2) is 173 Å². The zero-order chi connectivity index (χ0) is 35.9. The number of amides is 4. The first-order valence-corrected chi connectivity index (χ1v) is 17.4. The normalized spacial score (nSPS) is 16.2. The highest BCUT2D eigenvalue weighted by Gasteiger charge is 2.19.